The van der Waals surface area contributed by atoms with Crippen LogP contribution in [0.15, 0.2) is 27.9 Å². The first-order valence-electron chi connectivity index (χ1n) is 10.4. The maximum absolute atomic E-state index is 13.5. The molecule has 0 saturated heterocycles. The highest BCUT2D eigenvalue weighted by molar-refractivity contribution is 9.10. The highest BCUT2D eigenvalue weighted by atomic mass is 79.9. The number of Topliss-reactive ketones (excluding diaryl/α,β-unsaturated/α-hetero) is 2. The van der Waals surface area contributed by atoms with Crippen LogP contribution in [0.1, 0.15) is 28.8 Å². The number of nitrogens with two attached hydrogens (primary N) is 1. The molecule has 0 aliphatic heterocycles. The number of carbonyl (C=O) groups excluding carboxylic acids is 3. The topological polar surface area (TPSA) is 182 Å². The molecule has 1 aromatic rings. The fourth-order valence-electron chi connectivity index (χ4n) is 5.98. The summed E-state index contributed by atoms with van der Waals surface area (Å²) in [5.41, 5.74) is 2.53. The third-order valence-corrected chi connectivity index (χ3v) is 8.11. The minimum atomic E-state index is -2.72. The predicted octanol–water partition coefficient (Wildman–Crippen LogP) is -0.420. The second-order valence-electron chi connectivity index (χ2n) is 9.24. The zero-order chi connectivity index (χ0) is 24.7. The van der Waals surface area contributed by atoms with Crippen molar-refractivity contribution in [2.75, 3.05) is 14.1 Å². The van der Waals surface area contributed by atoms with Gasteiger partial charge in [-0.15, -0.1) is 0 Å². The van der Waals surface area contributed by atoms with Gasteiger partial charge >= 0.3 is 0 Å². The number of halogens is 1. The Bertz CT molecular complexity index is 1120. The summed E-state index contributed by atoms with van der Waals surface area (Å²) in [7, 11) is 2.97. The number of aliphatic hydroxyl groups is 4. The van der Waals surface area contributed by atoms with Gasteiger partial charge in [-0.2, -0.15) is 0 Å². The van der Waals surface area contributed by atoms with Gasteiger partial charge in [0.25, 0.3) is 0 Å². The number of aromatic hydroxyl groups is 1. The number of primary amides is 1. The van der Waals surface area contributed by atoms with E-state index in [1.807, 2.05) is 0 Å². The van der Waals surface area contributed by atoms with Crippen molar-refractivity contribution in [1.82, 2.24) is 4.90 Å². The fourth-order valence-corrected chi connectivity index (χ4v) is 6.67. The quantitative estimate of drug-likeness (QED) is 0.280. The van der Waals surface area contributed by atoms with Crippen LogP contribution < -0.4 is 5.73 Å². The van der Waals surface area contributed by atoms with E-state index >= 15 is 0 Å². The molecule has 0 aromatic heterocycles. The van der Waals surface area contributed by atoms with Crippen LogP contribution in [0.4, 0.5) is 0 Å². The minimum Gasteiger partial charge on any atom is -0.509 e. The van der Waals surface area contributed by atoms with Crippen LogP contribution >= 0.6 is 15.9 Å². The molecular weight excluding hydrogens is 500 g/mol. The molecule has 0 radical (unpaired) electrons. The van der Waals surface area contributed by atoms with E-state index in [-0.39, 0.29) is 16.9 Å². The van der Waals surface area contributed by atoms with Gasteiger partial charge in [0.1, 0.15) is 23.5 Å². The average Bonchev–Trinajstić information content (AvgIpc) is 2.72. The van der Waals surface area contributed by atoms with Crippen LogP contribution in [-0.4, -0.2) is 85.9 Å². The Morgan fingerprint density at radius 3 is 2.33 bits per heavy atom. The van der Waals surface area contributed by atoms with E-state index in [1.54, 1.807) is 13.0 Å². The average molecular weight is 525 g/mol. The summed E-state index contributed by atoms with van der Waals surface area (Å²) in [6.07, 6.45) is -3.78. The van der Waals surface area contributed by atoms with E-state index in [0.29, 0.717) is 10.0 Å². The van der Waals surface area contributed by atoms with Crippen molar-refractivity contribution in [3.05, 3.63) is 39.1 Å². The number of carbonyl (C=O) groups is 3. The Morgan fingerprint density at radius 1 is 1.18 bits per heavy atom. The number of rotatable bonds is 2. The van der Waals surface area contributed by atoms with E-state index in [4.69, 9.17) is 5.73 Å². The first-order valence-corrected chi connectivity index (χ1v) is 11.1. The van der Waals surface area contributed by atoms with Gasteiger partial charge < -0.3 is 31.3 Å². The number of benzene rings is 1. The number of hydrogen-bond acceptors (Lipinski definition) is 9. The monoisotopic (exact) mass is 524 g/mol. The molecule has 1 saturated carbocycles. The molecule has 33 heavy (non-hydrogen) atoms. The number of amides is 1. The van der Waals surface area contributed by atoms with Gasteiger partial charge in [0.2, 0.25) is 5.91 Å². The second kappa shape index (κ2) is 7.60. The molecule has 0 heterocycles. The van der Waals surface area contributed by atoms with Crippen molar-refractivity contribution in [3.63, 3.8) is 0 Å². The third kappa shape index (κ3) is 2.89. The van der Waals surface area contributed by atoms with Crippen LogP contribution in [0.3, 0.4) is 0 Å². The lowest BCUT2D eigenvalue weighted by atomic mass is 9.53. The van der Waals surface area contributed by atoms with Crippen LogP contribution in [0.5, 0.6) is 5.75 Å². The summed E-state index contributed by atoms with van der Waals surface area (Å²) in [4.78, 5) is 40.0. The lowest BCUT2D eigenvalue weighted by Gasteiger charge is -2.57. The van der Waals surface area contributed by atoms with Crippen molar-refractivity contribution in [3.8, 4) is 5.75 Å². The zero-order valence-electron chi connectivity index (χ0n) is 18.1. The number of likely N-dealkylation sites (N-methyl/N-ethyl adjacent to an activating group) is 1. The fraction of sp³-hybridized carbons (Fsp3) is 0.500. The molecular formula is C22H25BrN2O8. The van der Waals surface area contributed by atoms with Gasteiger partial charge in [-0.3, -0.25) is 19.3 Å². The molecule has 8 atom stereocenters. The zero-order valence-corrected chi connectivity index (χ0v) is 19.6. The molecule has 4 rings (SSSR count). The lowest BCUT2D eigenvalue weighted by Crippen LogP contribution is -2.74. The van der Waals surface area contributed by atoms with E-state index in [9.17, 15) is 39.9 Å². The van der Waals surface area contributed by atoms with Crippen LogP contribution in [0.25, 0.3) is 0 Å². The summed E-state index contributed by atoms with van der Waals surface area (Å²) in [5.74, 6) is -9.22. The molecule has 3 aliphatic rings. The van der Waals surface area contributed by atoms with Crippen molar-refractivity contribution in [2.45, 2.75) is 36.7 Å². The van der Waals surface area contributed by atoms with Gasteiger partial charge in [-0.1, -0.05) is 22.9 Å². The Morgan fingerprint density at radius 2 is 1.79 bits per heavy atom. The highest BCUT2D eigenvalue weighted by Gasteiger charge is 2.69. The molecule has 178 valence electrons. The van der Waals surface area contributed by atoms with Crippen LogP contribution in [0, 0.1) is 17.8 Å². The second-order valence-corrected chi connectivity index (χ2v) is 10.1. The van der Waals surface area contributed by atoms with Crippen molar-refractivity contribution < 1.29 is 39.9 Å². The maximum atomic E-state index is 13.5. The lowest BCUT2D eigenvalue weighted by molar-refractivity contribution is -0.209. The normalized spacial score (nSPS) is 38.1. The Hall–Kier alpha value is -2.31. The van der Waals surface area contributed by atoms with Crippen molar-refractivity contribution in [1.29, 1.82) is 0 Å². The van der Waals surface area contributed by atoms with Gasteiger partial charge in [0.15, 0.2) is 17.2 Å². The van der Waals surface area contributed by atoms with E-state index in [2.05, 4.69) is 15.9 Å². The minimum absolute atomic E-state index is 0.110. The Balaban J connectivity index is 2.04. The first-order chi connectivity index (χ1) is 15.3. The summed E-state index contributed by atoms with van der Waals surface area (Å²) in [6.45, 7) is 1.68. The number of ketones is 2. The molecule has 2 unspecified atom stereocenters. The van der Waals surface area contributed by atoms with Crippen LogP contribution in [-0.2, 0) is 9.59 Å². The maximum Gasteiger partial charge on any atom is 0.230 e. The smallest absolute Gasteiger partial charge is 0.230 e. The van der Waals surface area contributed by atoms with E-state index < -0.39 is 70.8 Å². The predicted molar refractivity (Wildman–Crippen MR) is 117 cm³/mol. The number of aliphatic hydroxyl groups excluding tert-OH is 3. The summed E-state index contributed by atoms with van der Waals surface area (Å²) >= 11 is 3.37. The van der Waals surface area contributed by atoms with Crippen molar-refractivity contribution >= 4 is 33.4 Å². The Kier molecular flexibility index (Phi) is 5.49. The van der Waals surface area contributed by atoms with E-state index in [1.165, 1.54) is 25.1 Å². The standard InChI is InChI=1S/C22H25BrN2O8/c1-6-9-7(23)4-5-8(26)11(9)16(27)12-10(6)17(28)14-15(25(2)3)18(29)13(21(24)32)20(31)22(14,33)19(12)30/h4-6,10,13-15,17,20,26,28,30-31,33H,1-3H3,(H2,24,32)/t6-,10+,13?,14+,15-,17-,20?,22-/m0/s1. The molecule has 1 fully saturated rings. The number of nitrogens with zero attached hydrogens (tertiary/aromatic N) is 1. The summed E-state index contributed by atoms with van der Waals surface area (Å²) in [5, 5.41) is 55.7. The molecule has 0 bridgehead atoms. The number of phenols is 1. The molecule has 3 aliphatic carbocycles. The molecule has 7 N–H and O–H groups in total. The van der Waals surface area contributed by atoms with Gasteiger partial charge in [0, 0.05) is 21.9 Å². The van der Waals surface area contributed by atoms with Crippen LogP contribution in [0.2, 0.25) is 0 Å². The molecule has 1 amide bonds. The third-order valence-electron chi connectivity index (χ3n) is 7.42. The molecule has 10 nitrogen and oxygen atoms in total. The molecule has 11 heteroatoms. The van der Waals surface area contributed by atoms with E-state index in [0.717, 1.165) is 0 Å². The SMILES string of the molecule is C[C@H]1c2c(Br)ccc(O)c2C(=O)C2=C(O)[C@]3(O)C(O)C(C(N)=O)C(=O)[C@@H](N(C)C)[C@@H]3[C@@H](O)[C@@H]21. The van der Waals surface area contributed by atoms with Gasteiger partial charge in [0.05, 0.1) is 17.7 Å². The van der Waals surface area contributed by atoms with Crippen molar-refractivity contribution in [2.24, 2.45) is 23.5 Å². The number of phenolic OH excluding ortho intramolecular Hbond substituents is 1. The number of hydrogen-bond donors (Lipinski definition) is 6. The van der Waals surface area contributed by atoms with Gasteiger partial charge in [-0.25, -0.2) is 0 Å². The molecule has 1 aromatic carbocycles. The highest BCUT2D eigenvalue weighted by Crippen LogP contribution is 2.56. The largest absolute Gasteiger partial charge is 0.509 e. The number of fused-ring (bicyclic) bond motifs is 3. The first kappa shape index (κ1) is 23.8. The Labute approximate surface area is 197 Å². The van der Waals surface area contributed by atoms with Gasteiger partial charge in [-0.05, 0) is 37.7 Å². The molecule has 0 spiro atoms. The summed E-state index contributed by atoms with van der Waals surface area (Å²) < 4.78 is 0.500. The summed E-state index contributed by atoms with van der Waals surface area (Å²) in [6, 6.07) is 1.54.